The van der Waals surface area contributed by atoms with Crippen molar-refractivity contribution in [2.24, 2.45) is 16.8 Å². The van der Waals surface area contributed by atoms with E-state index in [4.69, 9.17) is 10.9 Å². The fourth-order valence-corrected chi connectivity index (χ4v) is 2.01. The monoisotopic (exact) mass is 242 g/mol. The van der Waals surface area contributed by atoms with Gasteiger partial charge in [0.2, 0.25) is 5.91 Å². The van der Waals surface area contributed by atoms with Crippen LogP contribution >= 0.6 is 0 Å². The molecule has 0 bridgehead atoms. The van der Waals surface area contributed by atoms with E-state index in [0.717, 1.165) is 32.4 Å². The van der Waals surface area contributed by atoms with Gasteiger partial charge in [0.1, 0.15) is 5.92 Å². The number of piperidine rings is 1. The van der Waals surface area contributed by atoms with Crippen molar-refractivity contribution in [2.75, 3.05) is 13.1 Å². The maximum atomic E-state index is 12.0. The Kier molecular flexibility index (Phi) is 5.76. The van der Waals surface area contributed by atoms with Gasteiger partial charge in [-0.3, -0.25) is 10.2 Å². The highest BCUT2D eigenvalue weighted by Crippen LogP contribution is 2.10. The Labute approximate surface area is 102 Å². The quantitative estimate of drug-likeness (QED) is 0.286. The van der Waals surface area contributed by atoms with E-state index in [2.05, 4.69) is 10.6 Å². The van der Waals surface area contributed by atoms with Gasteiger partial charge in [0.25, 0.3) is 0 Å². The number of amides is 1. The number of amidine groups is 1. The van der Waals surface area contributed by atoms with Crippen LogP contribution in [0.25, 0.3) is 0 Å². The van der Waals surface area contributed by atoms with E-state index in [-0.39, 0.29) is 11.7 Å². The zero-order valence-corrected chi connectivity index (χ0v) is 10.4. The molecule has 0 aliphatic carbocycles. The van der Waals surface area contributed by atoms with Crippen molar-refractivity contribution in [3.05, 3.63) is 0 Å². The molecule has 1 aliphatic heterocycles. The number of oxime groups is 1. The molecule has 6 heteroatoms. The number of nitrogens with two attached hydrogens (primary N) is 1. The van der Waals surface area contributed by atoms with Gasteiger partial charge in [0, 0.05) is 13.1 Å². The van der Waals surface area contributed by atoms with Crippen LogP contribution in [0.15, 0.2) is 5.16 Å². The van der Waals surface area contributed by atoms with Gasteiger partial charge in [-0.1, -0.05) is 24.9 Å². The van der Waals surface area contributed by atoms with Crippen LogP contribution in [0.2, 0.25) is 0 Å². The topological polar surface area (TPSA) is 91.0 Å². The van der Waals surface area contributed by atoms with E-state index >= 15 is 0 Å². The average Bonchev–Trinajstić information content (AvgIpc) is 2.36. The molecule has 4 N–H and O–H groups in total. The van der Waals surface area contributed by atoms with Crippen molar-refractivity contribution in [1.82, 2.24) is 10.4 Å². The lowest BCUT2D eigenvalue weighted by molar-refractivity contribution is -0.128. The minimum Gasteiger partial charge on any atom is -0.409 e. The maximum Gasteiger partial charge on any atom is 0.245 e. The molecular weight excluding hydrogens is 220 g/mol. The van der Waals surface area contributed by atoms with E-state index in [9.17, 15) is 4.79 Å². The van der Waals surface area contributed by atoms with Crippen LogP contribution in [0, 0.1) is 5.92 Å². The summed E-state index contributed by atoms with van der Waals surface area (Å²) in [5.41, 5.74) is 8.37. The molecule has 98 valence electrons. The summed E-state index contributed by atoms with van der Waals surface area (Å²) in [6, 6.07) is 0. The summed E-state index contributed by atoms with van der Waals surface area (Å²) in [6.07, 6.45) is 4.82. The van der Waals surface area contributed by atoms with Crippen molar-refractivity contribution in [3.8, 4) is 0 Å². The van der Waals surface area contributed by atoms with E-state index in [0.29, 0.717) is 6.42 Å². The summed E-state index contributed by atoms with van der Waals surface area (Å²) in [7, 11) is 0. The Bertz CT molecular complexity index is 275. The maximum absolute atomic E-state index is 12.0. The molecule has 1 rings (SSSR count). The lowest BCUT2D eigenvalue weighted by atomic mass is 10.0. The van der Waals surface area contributed by atoms with Gasteiger partial charge in [0.05, 0.1) is 0 Å². The van der Waals surface area contributed by atoms with Crippen molar-refractivity contribution >= 4 is 11.7 Å². The second-order valence-corrected chi connectivity index (χ2v) is 4.39. The molecule has 1 amide bonds. The molecule has 0 saturated carbocycles. The van der Waals surface area contributed by atoms with E-state index in [1.807, 2.05) is 11.9 Å². The first-order chi connectivity index (χ1) is 8.19. The Morgan fingerprint density at radius 3 is 2.65 bits per heavy atom. The molecule has 1 saturated heterocycles. The molecular formula is C11H22N4O2. The molecule has 1 heterocycles. The van der Waals surface area contributed by atoms with Crippen molar-refractivity contribution in [2.45, 2.75) is 39.0 Å². The molecule has 1 fully saturated rings. The number of nitrogens with zero attached hydrogens (tertiary/aromatic N) is 2. The summed E-state index contributed by atoms with van der Waals surface area (Å²) in [4.78, 5) is 12.0. The van der Waals surface area contributed by atoms with E-state index in [1.54, 1.807) is 0 Å². The largest absolute Gasteiger partial charge is 0.409 e. The predicted octanol–water partition coefficient (Wildman–Crippen LogP) is 0.666. The zero-order valence-electron chi connectivity index (χ0n) is 10.4. The molecule has 17 heavy (non-hydrogen) atoms. The minimum atomic E-state index is -0.535. The second kappa shape index (κ2) is 7.11. The molecule has 0 aromatic rings. The van der Waals surface area contributed by atoms with Crippen LogP contribution in [-0.2, 0) is 4.79 Å². The van der Waals surface area contributed by atoms with Gasteiger partial charge in [-0.2, -0.15) is 0 Å². The number of hydrogen-bond acceptors (Lipinski definition) is 4. The number of hydrazine groups is 1. The van der Waals surface area contributed by atoms with Crippen LogP contribution in [0.4, 0.5) is 0 Å². The Hall–Kier alpha value is -1.30. The van der Waals surface area contributed by atoms with Crippen LogP contribution in [0.3, 0.4) is 0 Å². The summed E-state index contributed by atoms with van der Waals surface area (Å²) in [5.74, 6) is -0.725. The van der Waals surface area contributed by atoms with E-state index in [1.165, 1.54) is 6.42 Å². The number of carbonyl (C=O) groups is 1. The van der Waals surface area contributed by atoms with Crippen LogP contribution < -0.4 is 11.2 Å². The molecule has 1 aliphatic rings. The molecule has 1 unspecified atom stereocenters. The first-order valence-electron chi connectivity index (χ1n) is 6.22. The van der Waals surface area contributed by atoms with Gasteiger partial charge in [0.15, 0.2) is 5.84 Å². The Morgan fingerprint density at radius 2 is 2.12 bits per heavy atom. The normalized spacial score (nSPS) is 19.9. The summed E-state index contributed by atoms with van der Waals surface area (Å²) >= 11 is 0. The van der Waals surface area contributed by atoms with Crippen LogP contribution in [-0.4, -0.2) is 35.0 Å². The minimum absolute atomic E-state index is 0.0126. The zero-order chi connectivity index (χ0) is 12.7. The fourth-order valence-electron chi connectivity index (χ4n) is 2.01. The SMILES string of the molecule is CCCC(C(=O)NN1CCCCC1)C(N)=NO. The summed E-state index contributed by atoms with van der Waals surface area (Å²) in [6.45, 7) is 3.72. The van der Waals surface area contributed by atoms with E-state index < -0.39 is 5.92 Å². The van der Waals surface area contributed by atoms with Gasteiger partial charge in [-0.25, -0.2) is 5.01 Å². The highest BCUT2D eigenvalue weighted by molar-refractivity contribution is 6.01. The number of rotatable bonds is 5. The number of nitrogens with one attached hydrogen (secondary N) is 1. The van der Waals surface area contributed by atoms with Gasteiger partial charge in [-0.15, -0.1) is 0 Å². The average molecular weight is 242 g/mol. The first-order valence-corrected chi connectivity index (χ1v) is 6.22. The molecule has 0 aromatic heterocycles. The summed E-state index contributed by atoms with van der Waals surface area (Å²) in [5, 5.41) is 13.5. The molecule has 0 spiro atoms. The third-order valence-electron chi connectivity index (χ3n) is 2.99. The standard InChI is InChI=1S/C11H22N4O2/c1-2-6-9(10(12)14-17)11(16)13-15-7-4-3-5-8-15/h9,17H,2-8H2,1H3,(H2,12,14)(H,13,16). The van der Waals surface area contributed by atoms with Crippen LogP contribution in [0.5, 0.6) is 0 Å². The molecule has 1 atom stereocenters. The fraction of sp³-hybridized carbons (Fsp3) is 0.818. The van der Waals surface area contributed by atoms with Gasteiger partial charge >= 0.3 is 0 Å². The van der Waals surface area contributed by atoms with Gasteiger partial charge in [-0.05, 0) is 19.3 Å². The summed E-state index contributed by atoms with van der Waals surface area (Å²) < 4.78 is 0. The molecule has 6 nitrogen and oxygen atoms in total. The number of hydrogen-bond donors (Lipinski definition) is 3. The second-order valence-electron chi connectivity index (χ2n) is 4.39. The van der Waals surface area contributed by atoms with Crippen LogP contribution in [0.1, 0.15) is 39.0 Å². The van der Waals surface area contributed by atoms with Crippen molar-refractivity contribution in [1.29, 1.82) is 0 Å². The molecule has 0 aromatic carbocycles. The Balaban J connectivity index is 2.52. The van der Waals surface area contributed by atoms with Crippen molar-refractivity contribution in [3.63, 3.8) is 0 Å². The lowest BCUT2D eigenvalue weighted by Crippen LogP contribution is -2.49. The third kappa shape index (κ3) is 4.22. The predicted molar refractivity (Wildman–Crippen MR) is 65.4 cm³/mol. The highest BCUT2D eigenvalue weighted by atomic mass is 16.4. The molecule has 0 radical (unpaired) electrons. The number of carbonyl (C=O) groups excluding carboxylic acids is 1. The van der Waals surface area contributed by atoms with Gasteiger partial charge < -0.3 is 10.9 Å². The van der Waals surface area contributed by atoms with Crippen molar-refractivity contribution < 1.29 is 10.0 Å². The highest BCUT2D eigenvalue weighted by Gasteiger charge is 2.24. The first kappa shape index (κ1) is 13.8. The Morgan fingerprint density at radius 1 is 1.47 bits per heavy atom. The lowest BCUT2D eigenvalue weighted by Gasteiger charge is -2.28. The smallest absolute Gasteiger partial charge is 0.245 e. The third-order valence-corrected chi connectivity index (χ3v) is 2.99.